The lowest BCUT2D eigenvalue weighted by molar-refractivity contribution is -0.0406. The molecule has 2 aromatic carbocycles. The Labute approximate surface area is 192 Å². The van der Waals surface area contributed by atoms with Gasteiger partial charge in [-0.3, -0.25) is 4.79 Å². The van der Waals surface area contributed by atoms with E-state index in [1.165, 1.54) is 29.7 Å². The zero-order chi connectivity index (χ0) is 22.1. The molecule has 166 valence electrons. The van der Waals surface area contributed by atoms with Crippen molar-refractivity contribution >= 4 is 22.9 Å². The average molecular weight is 450 g/mol. The van der Waals surface area contributed by atoms with Crippen LogP contribution in [-0.4, -0.2) is 26.2 Å². The molecule has 2 heterocycles. The fraction of sp³-hybridized carbons (Fsp3) is 0.346. The Balaban J connectivity index is 1.56. The number of amides is 1. The van der Waals surface area contributed by atoms with Gasteiger partial charge in [0.2, 0.25) is 0 Å². The van der Waals surface area contributed by atoms with Gasteiger partial charge in [-0.25, -0.2) is 0 Å². The molecular weight excluding hydrogens is 422 g/mol. The fourth-order valence-corrected chi connectivity index (χ4v) is 5.68. The Hall–Kier alpha value is -2.83. The lowest BCUT2D eigenvalue weighted by Crippen LogP contribution is -2.34. The molecule has 6 heteroatoms. The number of methoxy groups -OCH3 is 2. The number of benzene rings is 2. The van der Waals surface area contributed by atoms with Crippen molar-refractivity contribution in [2.45, 2.75) is 43.8 Å². The summed E-state index contributed by atoms with van der Waals surface area (Å²) >= 11 is 1.43. The molecule has 1 amide bonds. The quantitative estimate of drug-likeness (QED) is 0.507. The van der Waals surface area contributed by atoms with E-state index in [4.69, 9.17) is 14.2 Å². The molecule has 5 nitrogen and oxygen atoms in total. The zero-order valence-electron chi connectivity index (χ0n) is 18.3. The molecule has 1 N–H and O–H groups in total. The van der Waals surface area contributed by atoms with Crippen LogP contribution in [0.2, 0.25) is 0 Å². The summed E-state index contributed by atoms with van der Waals surface area (Å²) in [5.41, 5.74) is 3.99. The van der Waals surface area contributed by atoms with E-state index in [1.807, 2.05) is 47.8 Å². The fourth-order valence-electron chi connectivity index (χ4n) is 5.06. The first-order chi connectivity index (χ1) is 15.7. The highest BCUT2D eigenvalue weighted by Crippen LogP contribution is 2.53. The third kappa shape index (κ3) is 3.78. The Morgan fingerprint density at radius 3 is 2.53 bits per heavy atom. The van der Waals surface area contributed by atoms with E-state index in [-0.39, 0.29) is 18.1 Å². The van der Waals surface area contributed by atoms with Crippen molar-refractivity contribution in [3.8, 4) is 11.5 Å². The minimum absolute atomic E-state index is 0.103. The topological polar surface area (TPSA) is 56.8 Å². The minimum atomic E-state index is -0.284. The molecule has 32 heavy (non-hydrogen) atoms. The van der Waals surface area contributed by atoms with Gasteiger partial charge in [0.1, 0.15) is 17.6 Å². The normalized spacial score (nSPS) is 21.9. The Morgan fingerprint density at radius 2 is 1.78 bits per heavy atom. The maximum absolute atomic E-state index is 12.6. The number of hydrogen-bond acceptors (Lipinski definition) is 5. The molecule has 0 radical (unpaired) electrons. The number of nitrogens with one attached hydrogen (secondary N) is 1. The number of rotatable bonds is 5. The smallest absolute Gasteiger partial charge is 0.265 e. The van der Waals surface area contributed by atoms with E-state index in [0.29, 0.717) is 10.8 Å². The summed E-state index contributed by atoms with van der Waals surface area (Å²) in [6, 6.07) is 15.6. The van der Waals surface area contributed by atoms with Crippen LogP contribution < -0.4 is 14.8 Å². The molecule has 1 aliphatic carbocycles. The number of anilines is 1. The summed E-state index contributed by atoms with van der Waals surface area (Å²) in [6.45, 7) is 0. The molecule has 1 saturated carbocycles. The maximum atomic E-state index is 12.6. The second kappa shape index (κ2) is 8.96. The predicted octanol–water partition coefficient (Wildman–Crippen LogP) is 6.16. The van der Waals surface area contributed by atoms with E-state index in [9.17, 15) is 4.79 Å². The molecule has 0 spiro atoms. The lowest BCUT2D eigenvalue weighted by Gasteiger charge is -2.42. The van der Waals surface area contributed by atoms with Gasteiger partial charge in [-0.2, -0.15) is 0 Å². The second-order valence-corrected chi connectivity index (χ2v) is 9.25. The van der Waals surface area contributed by atoms with Crippen LogP contribution in [0.5, 0.6) is 11.5 Å². The first-order valence-electron chi connectivity index (χ1n) is 11.0. The number of ether oxygens (including phenoxy) is 3. The van der Waals surface area contributed by atoms with Crippen molar-refractivity contribution in [1.29, 1.82) is 0 Å². The molecule has 1 aliphatic heterocycles. The number of fused-ring (bicyclic) bond motifs is 3. The molecule has 1 fully saturated rings. The van der Waals surface area contributed by atoms with Crippen LogP contribution in [0, 0.1) is 0 Å². The number of thiophene rings is 1. The molecule has 1 aromatic heterocycles. The van der Waals surface area contributed by atoms with Crippen molar-refractivity contribution in [1.82, 2.24) is 0 Å². The largest absolute Gasteiger partial charge is 0.496 e. The number of carbonyl (C=O) groups excluding carboxylic acids is 1. The van der Waals surface area contributed by atoms with E-state index >= 15 is 0 Å². The van der Waals surface area contributed by atoms with Crippen LogP contribution in [-0.2, 0) is 4.74 Å². The first kappa shape index (κ1) is 21.0. The average Bonchev–Trinajstić information content (AvgIpc) is 3.38. The molecule has 0 saturated heterocycles. The van der Waals surface area contributed by atoms with Gasteiger partial charge in [0.15, 0.2) is 0 Å². The monoisotopic (exact) mass is 449 g/mol. The molecule has 5 rings (SSSR count). The molecule has 0 bridgehead atoms. The summed E-state index contributed by atoms with van der Waals surface area (Å²) in [4.78, 5) is 13.3. The highest BCUT2D eigenvalue weighted by molar-refractivity contribution is 7.12. The van der Waals surface area contributed by atoms with Gasteiger partial charge in [0, 0.05) is 22.7 Å². The predicted molar refractivity (Wildman–Crippen MR) is 126 cm³/mol. The summed E-state index contributed by atoms with van der Waals surface area (Å²) in [5, 5.41) is 4.92. The van der Waals surface area contributed by atoms with Crippen LogP contribution >= 0.6 is 11.3 Å². The standard InChI is InChI=1S/C26H27NO4S/c1-29-20-12-13-21(30-2)24-23(20)18-9-3-4-10-19(18)31-25(24)16-7-5-8-17(15-16)27-26(28)22-11-6-14-32-22/h5-8,11-15,18-19,25H,3-4,9-10H2,1-2H3,(H,27,28)/t18-,19+,25+/m0/s1. The number of carbonyl (C=O) groups is 1. The highest BCUT2D eigenvalue weighted by atomic mass is 32.1. The molecule has 0 unspecified atom stereocenters. The zero-order valence-corrected chi connectivity index (χ0v) is 19.1. The van der Waals surface area contributed by atoms with E-state index in [1.54, 1.807) is 14.2 Å². The molecular formula is C26H27NO4S. The molecule has 3 atom stereocenters. The van der Waals surface area contributed by atoms with E-state index in [0.717, 1.165) is 41.2 Å². The maximum Gasteiger partial charge on any atom is 0.265 e. The van der Waals surface area contributed by atoms with Gasteiger partial charge in [-0.15, -0.1) is 11.3 Å². The first-order valence-corrected chi connectivity index (χ1v) is 11.9. The SMILES string of the molecule is COc1ccc(OC)c2c1[C@@H](c1cccc(NC(=O)c3cccs3)c1)O[C@@H]1CCCC[C@H]21. The van der Waals surface area contributed by atoms with Gasteiger partial charge in [-0.05, 0) is 54.1 Å². The summed E-state index contributed by atoms with van der Waals surface area (Å²) < 4.78 is 18.3. The highest BCUT2D eigenvalue weighted by Gasteiger charge is 2.41. The third-order valence-electron chi connectivity index (χ3n) is 6.49. The van der Waals surface area contributed by atoms with Crippen LogP contribution in [0.4, 0.5) is 5.69 Å². The summed E-state index contributed by atoms with van der Waals surface area (Å²) in [6.07, 6.45) is 4.35. The Kier molecular flexibility index (Phi) is 5.89. The minimum Gasteiger partial charge on any atom is -0.496 e. The van der Waals surface area contributed by atoms with Crippen molar-refractivity contribution in [3.63, 3.8) is 0 Å². The van der Waals surface area contributed by atoms with Gasteiger partial charge in [0.05, 0.1) is 25.2 Å². The van der Waals surface area contributed by atoms with Crippen LogP contribution in [0.25, 0.3) is 0 Å². The third-order valence-corrected chi connectivity index (χ3v) is 7.35. The van der Waals surface area contributed by atoms with Gasteiger partial charge >= 0.3 is 0 Å². The van der Waals surface area contributed by atoms with Crippen molar-refractivity contribution in [2.75, 3.05) is 19.5 Å². The van der Waals surface area contributed by atoms with Gasteiger partial charge in [0.25, 0.3) is 5.91 Å². The Bertz CT molecular complexity index is 1110. The van der Waals surface area contributed by atoms with E-state index in [2.05, 4.69) is 11.4 Å². The van der Waals surface area contributed by atoms with Crippen molar-refractivity contribution in [3.05, 3.63) is 75.5 Å². The summed E-state index contributed by atoms with van der Waals surface area (Å²) in [7, 11) is 3.43. The lowest BCUT2D eigenvalue weighted by atomic mass is 9.75. The Morgan fingerprint density at radius 1 is 1.00 bits per heavy atom. The molecule has 3 aromatic rings. The van der Waals surface area contributed by atoms with Gasteiger partial charge < -0.3 is 19.5 Å². The van der Waals surface area contributed by atoms with Crippen molar-refractivity contribution < 1.29 is 19.0 Å². The molecule has 2 aliphatic rings. The summed E-state index contributed by atoms with van der Waals surface area (Å²) in [5.74, 6) is 1.91. The van der Waals surface area contributed by atoms with Crippen LogP contribution in [0.1, 0.15) is 64.1 Å². The van der Waals surface area contributed by atoms with Crippen LogP contribution in [0.15, 0.2) is 53.9 Å². The van der Waals surface area contributed by atoms with Gasteiger partial charge in [-0.1, -0.05) is 31.0 Å². The van der Waals surface area contributed by atoms with Crippen LogP contribution in [0.3, 0.4) is 0 Å². The second-order valence-electron chi connectivity index (χ2n) is 8.30. The number of hydrogen-bond donors (Lipinski definition) is 1. The van der Waals surface area contributed by atoms with Crippen molar-refractivity contribution in [2.24, 2.45) is 0 Å². The van der Waals surface area contributed by atoms with E-state index < -0.39 is 0 Å².